The maximum atomic E-state index is 11.6. The lowest BCUT2D eigenvalue weighted by atomic mass is 9.83. The van der Waals surface area contributed by atoms with E-state index in [0.29, 0.717) is 24.2 Å². The van der Waals surface area contributed by atoms with Gasteiger partial charge in [-0.25, -0.2) is 0 Å². The summed E-state index contributed by atoms with van der Waals surface area (Å²) in [5.74, 6) is 1.36. The van der Waals surface area contributed by atoms with Crippen molar-refractivity contribution in [3.05, 3.63) is 0 Å². The molecular weight excluding hydrogens is 216 g/mol. The SMILES string of the molecule is CC(C)(C)OC(=O)CC[C@H]1C2CCC(C2)[C@H]1O. The average molecular weight is 240 g/mol. The fraction of sp³-hybridized carbons (Fsp3) is 0.929. The topological polar surface area (TPSA) is 46.5 Å². The maximum Gasteiger partial charge on any atom is 0.306 e. The third-order valence-electron chi connectivity index (χ3n) is 4.14. The Morgan fingerprint density at radius 2 is 1.94 bits per heavy atom. The van der Waals surface area contributed by atoms with Crippen LogP contribution in [0.5, 0.6) is 0 Å². The Labute approximate surface area is 104 Å². The number of rotatable bonds is 3. The molecule has 98 valence electrons. The zero-order chi connectivity index (χ0) is 12.6. The molecule has 0 amide bonds. The van der Waals surface area contributed by atoms with E-state index >= 15 is 0 Å². The standard InChI is InChI=1S/C14H24O3/c1-14(2,3)17-12(15)7-6-11-9-4-5-10(8-9)13(11)16/h9-11,13,16H,4-8H2,1-3H3/t9?,10?,11-,13+/m0/s1. The molecule has 2 bridgehead atoms. The van der Waals surface area contributed by atoms with Gasteiger partial charge in [-0.1, -0.05) is 0 Å². The Bertz CT molecular complexity index is 290. The van der Waals surface area contributed by atoms with Crippen LogP contribution in [0.2, 0.25) is 0 Å². The zero-order valence-electron chi connectivity index (χ0n) is 11.1. The lowest BCUT2D eigenvalue weighted by molar-refractivity contribution is -0.155. The number of carbonyl (C=O) groups is 1. The molecule has 0 aromatic carbocycles. The summed E-state index contributed by atoms with van der Waals surface area (Å²) in [7, 11) is 0. The number of esters is 1. The van der Waals surface area contributed by atoms with Gasteiger partial charge in [0.05, 0.1) is 6.10 Å². The minimum atomic E-state index is -0.398. The predicted octanol–water partition coefficient (Wildman–Crippen LogP) is 2.52. The molecule has 3 heteroatoms. The van der Waals surface area contributed by atoms with Gasteiger partial charge in [-0.3, -0.25) is 4.79 Å². The summed E-state index contributed by atoms with van der Waals surface area (Å²) in [5, 5.41) is 10.1. The van der Waals surface area contributed by atoms with E-state index in [2.05, 4.69) is 0 Å². The summed E-state index contributed by atoms with van der Waals surface area (Å²) in [6, 6.07) is 0. The van der Waals surface area contributed by atoms with Crippen molar-refractivity contribution in [2.24, 2.45) is 17.8 Å². The highest BCUT2D eigenvalue weighted by atomic mass is 16.6. The van der Waals surface area contributed by atoms with Crippen LogP contribution in [-0.2, 0) is 9.53 Å². The van der Waals surface area contributed by atoms with Crippen molar-refractivity contribution in [3.63, 3.8) is 0 Å². The van der Waals surface area contributed by atoms with Crippen LogP contribution in [0.25, 0.3) is 0 Å². The predicted molar refractivity (Wildman–Crippen MR) is 65.4 cm³/mol. The third-order valence-corrected chi connectivity index (χ3v) is 4.14. The van der Waals surface area contributed by atoms with Crippen molar-refractivity contribution in [3.8, 4) is 0 Å². The lowest BCUT2D eigenvalue weighted by Crippen LogP contribution is -2.29. The van der Waals surface area contributed by atoms with E-state index in [-0.39, 0.29) is 12.1 Å². The number of aliphatic hydroxyl groups is 1. The molecule has 17 heavy (non-hydrogen) atoms. The molecule has 1 N–H and O–H groups in total. The van der Waals surface area contributed by atoms with Gasteiger partial charge in [0.15, 0.2) is 0 Å². The monoisotopic (exact) mass is 240 g/mol. The Morgan fingerprint density at radius 3 is 2.47 bits per heavy atom. The molecule has 0 saturated heterocycles. The molecule has 2 unspecified atom stereocenters. The van der Waals surface area contributed by atoms with E-state index in [4.69, 9.17) is 4.74 Å². The normalized spacial score (nSPS) is 36.2. The molecule has 0 aromatic rings. The number of hydrogen-bond acceptors (Lipinski definition) is 3. The van der Waals surface area contributed by atoms with E-state index in [1.54, 1.807) is 0 Å². The number of fused-ring (bicyclic) bond motifs is 2. The molecule has 2 rings (SSSR count). The number of hydrogen-bond donors (Lipinski definition) is 1. The first-order valence-corrected chi connectivity index (χ1v) is 6.77. The Hall–Kier alpha value is -0.570. The maximum absolute atomic E-state index is 11.6. The molecule has 0 heterocycles. The fourth-order valence-corrected chi connectivity index (χ4v) is 3.46. The second-order valence-electron chi connectivity index (χ2n) is 6.61. The lowest BCUT2D eigenvalue weighted by Gasteiger charge is -2.27. The first-order valence-electron chi connectivity index (χ1n) is 6.77. The van der Waals surface area contributed by atoms with Crippen LogP contribution in [0, 0.1) is 17.8 Å². The minimum absolute atomic E-state index is 0.132. The molecule has 2 aliphatic carbocycles. The van der Waals surface area contributed by atoms with Crippen molar-refractivity contribution >= 4 is 5.97 Å². The second kappa shape index (κ2) is 4.60. The largest absolute Gasteiger partial charge is 0.460 e. The number of carbonyl (C=O) groups excluding carboxylic acids is 1. The van der Waals surface area contributed by atoms with Crippen LogP contribution < -0.4 is 0 Å². The van der Waals surface area contributed by atoms with Crippen molar-refractivity contribution in [1.29, 1.82) is 0 Å². The van der Waals surface area contributed by atoms with Crippen LogP contribution in [0.4, 0.5) is 0 Å². The van der Waals surface area contributed by atoms with E-state index in [9.17, 15) is 9.90 Å². The summed E-state index contributed by atoms with van der Waals surface area (Å²) in [4.78, 5) is 11.6. The molecular formula is C14H24O3. The molecule has 0 radical (unpaired) electrons. The van der Waals surface area contributed by atoms with Gasteiger partial charge < -0.3 is 9.84 Å². The van der Waals surface area contributed by atoms with Crippen LogP contribution in [0.1, 0.15) is 52.9 Å². The van der Waals surface area contributed by atoms with Crippen molar-refractivity contribution in [1.82, 2.24) is 0 Å². The van der Waals surface area contributed by atoms with Crippen LogP contribution in [0.3, 0.4) is 0 Å². The van der Waals surface area contributed by atoms with E-state index in [0.717, 1.165) is 6.42 Å². The molecule has 2 saturated carbocycles. The molecule has 3 nitrogen and oxygen atoms in total. The zero-order valence-corrected chi connectivity index (χ0v) is 11.1. The molecule has 2 aliphatic rings. The van der Waals surface area contributed by atoms with Crippen molar-refractivity contribution < 1.29 is 14.6 Å². The summed E-state index contributed by atoms with van der Waals surface area (Å²) in [6.45, 7) is 5.66. The summed E-state index contributed by atoms with van der Waals surface area (Å²) < 4.78 is 5.29. The minimum Gasteiger partial charge on any atom is -0.460 e. The third kappa shape index (κ3) is 3.01. The molecule has 4 atom stereocenters. The highest BCUT2D eigenvalue weighted by Crippen LogP contribution is 2.50. The molecule has 0 aliphatic heterocycles. The van der Waals surface area contributed by atoms with Crippen molar-refractivity contribution in [2.75, 3.05) is 0 Å². The van der Waals surface area contributed by atoms with Crippen LogP contribution >= 0.6 is 0 Å². The average Bonchev–Trinajstić information content (AvgIpc) is 2.73. The van der Waals surface area contributed by atoms with E-state index in [1.807, 2.05) is 20.8 Å². The van der Waals surface area contributed by atoms with E-state index in [1.165, 1.54) is 19.3 Å². The van der Waals surface area contributed by atoms with Gasteiger partial charge in [-0.2, -0.15) is 0 Å². The Morgan fingerprint density at radius 1 is 1.29 bits per heavy atom. The molecule has 0 spiro atoms. The number of aliphatic hydroxyl groups excluding tert-OH is 1. The van der Waals surface area contributed by atoms with Crippen LogP contribution in [-0.4, -0.2) is 22.8 Å². The first-order chi connectivity index (χ1) is 7.87. The van der Waals surface area contributed by atoms with Gasteiger partial charge in [0.25, 0.3) is 0 Å². The van der Waals surface area contributed by atoms with Gasteiger partial charge in [-0.05, 0) is 64.2 Å². The van der Waals surface area contributed by atoms with Gasteiger partial charge in [0, 0.05) is 6.42 Å². The van der Waals surface area contributed by atoms with Gasteiger partial charge in [-0.15, -0.1) is 0 Å². The van der Waals surface area contributed by atoms with Crippen LogP contribution in [0.15, 0.2) is 0 Å². The van der Waals surface area contributed by atoms with Gasteiger partial charge in [0.1, 0.15) is 5.60 Å². The Balaban J connectivity index is 1.77. The fourth-order valence-electron chi connectivity index (χ4n) is 3.46. The summed E-state index contributed by atoms with van der Waals surface area (Å²) in [6.07, 6.45) is 4.64. The Kier molecular flexibility index (Phi) is 3.48. The quantitative estimate of drug-likeness (QED) is 0.771. The molecule has 2 fully saturated rings. The van der Waals surface area contributed by atoms with Gasteiger partial charge >= 0.3 is 5.97 Å². The second-order valence-corrected chi connectivity index (χ2v) is 6.61. The highest BCUT2D eigenvalue weighted by molar-refractivity contribution is 5.69. The molecule has 0 aromatic heterocycles. The first kappa shape index (κ1) is 12.9. The smallest absolute Gasteiger partial charge is 0.306 e. The van der Waals surface area contributed by atoms with Gasteiger partial charge in [0.2, 0.25) is 0 Å². The summed E-state index contributed by atoms with van der Waals surface area (Å²) in [5.41, 5.74) is -0.398. The van der Waals surface area contributed by atoms with E-state index < -0.39 is 5.60 Å². The van der Waals surface area contributed by atoms with Crippen molar-refractivity contribution in [2.45, 2.75) is 64.6 Å². The highest BCUT2D eigenvalue weighted by Gasteiger charge is 2.46. The summed E-state index contributed by atoms with van der Waals surface area (Å²) >= 11 is 0. The number of ether oxygens (including phenoxy) is 1.